The van der Waals surface area contributed by atoms with Gasteiger partial charge < -0.3 is 14.9 Å². The van der Waals surface area contributed by atoms with Gasteiger partial charge in [-0.15, -0.1) is 0 Å². The van der Waals surface area contributed by atoms with Gasteiger partial charge in [-0.1, -0.05) is 19.0 Å². The Bertz CT molecular complexity index is 562. The highest BCUT2D eigenvalue weighted by atomic mass is 16.5. The maximum Gasteiger partial charge on any atom is 0.317 e. The van der Waals surface area contributed by atoms with Crippen molar-refractivity contribution in [1.82, 2.24) is 20.4 Å². The monoisotopic (exact) mass is 350 g/mol. The molecular formula is C18H30N4O3. The van der Waals surface area contributed by atoms with Gasteiger partial charge in [-0.2, -0.15) is 4.98 Å². The van der Waals surface area contributed by atoms with E-state index >= 15 is 0 Å². The fraction of sp³-hybridized carbons (Fsp3) is 0.833. The van der Waals surface area contributed by atoms with Crippen LogP contribution in [0.15, 0.2) is 4.52 Å². The van der Waals surface area contributed by atoms with Crippen LogP contribution < -0.4 is 5.32 Å². The number of hydrogen-bond acceptors (Lipinski definition) is 6. The zero-order valence-corrected chi connectivity index (χ0v) is 15.3. The van der Waals surface area contributed by atoms with E-state index in [1.165, 1.54) is 0 Å². The molecule has 0 amide bonds. The van der Waals surface area contributed by atoms with E-state index in [1.807, 2.05) is 13.8 Å². The largest absolute Gasteiger partial charge is 0.480 e. The first-order valence-corrected chi connectivity index (χ1v) is 9.63. The first kappa shape index (κ1) is 18.3. The molecule has 0 atom stereocenters. The van der Waals surface area contributed by atoms with Crippen LogP contribution in [0.3, 0.4) is 0 Å². The average molecular weight is 350 g/mol. The van der Waals surface area contributed by atoms with Crippen LogP contribution in [0.25, 0.3) is 0 Å². The zero-order chi connectivity index (χ0) is 17.8. The van der Waals surface area contributed by atoms with Crippen LogP contribution in [0.4, 0.5) is 0 Å². The SMILES string of the molecule is CCc1noc(C2CCC(NC3CC(N(CC)CC(=O)O)C3)CC2)n1. The lowest BCUT2D eigenvalue weighted by Crippen LogP contribution is -2.55. The van der Waals surface area contributed by atoms with Gasteiger partial charge in [0.25, 0.3) is 0 Å². The highest BCUT2D eigenvalue weighted by Gasteiger charge is 2.36. The van der Waals surface area contributed by atoms with Crippen molar-refractivity contribution in [3.05, 3.63) is 11.7 Å². The van der Waals surface area contributed by atoms with Crippen LogP contribution in [-0.2, 0) is 11.2 Å². The van der Waals surface area contributed by atoms with E-state index in [2.05, 4.69) is 20.4 Å². The number of aromatic nitrogens is 2. The molecule has 1 heterocycles. The van der Waals surface area contributed by atoms with E-state index in [-0.39, 0.29) is 6.54 Å². The molecule has 2 fully saturated rings. The highest BCUT2D eigenvalue weighted by Crippen LogP contribution is 2.34. The Morgan fingerprint density at radius 2 is 1.96 bits per heavy atom. The summed E-state index contributed by atoms with van der Waals surface area (Å²) in [6, 6.07) is 1.51. The molecule has 0 bridgehead atoms. The van der Waals surface area contributed by atoms with Gasteiger partial charge >= 0.3 is 5.97 Å². The first-order chi connectivity index (χ1) is 12.1. The van der Waals surface area contributed by atoms with Crippen molar-refractivity contribution in [3.8, 4) is 0 Å². The second-order valence-corrected chi connectivity index (χ2v) is 7.40. The van der Waals surface area contributed by atoms with Crippen molar-refractivity contribution in [3.63, 3.8) is 0 Å². The Balaban J connectivity index is 1.38. The van der Waals surface area contributed by atoms with E-state index < -0.39 is 5.97 Å². The van der Waals surface area contributed by atoms with Crippen molar-refractivity contribution >= 4 is 5.97 Å². The number of carbonyl (C=O) groups is 1. The molecule has 7 nitrogen and oxygen atoms in total. The van der Waals surface area contributed by atoms with Crippen LogP contribution in [0.2, 0.25) is 0 Å². The predicted octanol–water partition coefficient (Wildman–Crippen LogP) is 2.19. The second kappa shape index (κ2) is 8.27. The van der Waals surface area contributed by atoms with E-state index in [4.69, 9.17) is 9.63 Å². The molecule has 2 aliphatic rings. The number of likely N-dealkylation sites (N-methyl/N-ethyl adjacent to an activating group) is 1. The van der Waals surface area contributed by atoms with Gasteiger partial charge in [0, 0.05) is 30.5 Å². The van der Waals surface area contributed by atoms with E-state index in [1.54, 1.807) is 0 Å². The Kier molecular flexibility index (Phi) is 6.06. The minimum Gasteiger partial charge on any atom is -0.480 e. The molecule has 140 valence electrons. The molecular weight excluding hydrogens is 320 g/mol. The molecule has 0 unspecified atom stereocenters. The smallest absolute Gasteiger partial charge is 0.317 e. The number of nitrogens with one attached hydrogen (secondary N) is 1. The summed E-state index contributed by atoms with van der Waals surface area (Å²) in [6.45, 7) is 5.03. The summed E-state index contributed by atoms with van der Waals surface area (Å²) < 4.78 is 5.39. The number of aliphatic carboxylic acids is 1. The van der Waals surface area contributed by atoms with Gasteiger partial charge in [-0.05, 0) is 45.1 Å². The molecule has 0 aliphatic heterocycles. The molecule has 1 aromatic heterocycles. The zero-order valence-electron chi connectivity index (χ0n) is 15.3. The minimum atomic E-state index is -0.733. The molecule has 7 heteroatoms. The van der Waals surface area contributed by atoms with E-state index in [0.717, 1.165) is 63.2 Å². The van der Waals surface area contributed by atoms with Gasteiger partial charge in [-0.25, -0.2) is 0 Å². The van der Waals surface area contributed by atoms with Crippen LogP contribution >= 0.6 is 0 Å². The Morgan fingerprint density at radius 1 is 1.24 bits per heavy atom. The number of carboxylic acids is 1. The number of nitrogens with zero attached hydrogens (tertiary/aromatic N) is 3. The van der Waals surface area contributed by atoms with Gasteiger partial charge in [0.15, 0.2) is 5.82 Å². The highest BCUT2D eigenvalue weighted by molar-refractivity contribution is 5.69. The topological polar surface area (TPSA) is 91.5 Å². The summed E-state index contributed by atoms with van der Waals surface area (Å²) in [5.41, 5.74) is 0. The maximum absolute atomic E-state index is 10.9. The Morgan fingerprint density at radius 3 is 2.52 bits per heavy atom. The minimum absolute atomic E-state index is 0.156. The average Bonchev–Trinajstić information content (AvgIpc) is 3.05. The van der Waals surface area contributed by atoms with Crippen molar-refractivity contribution < 1.29 is 14.4 Å². The summed E-state index contributed by atoms with van der Waals surface area (Å²) in [6.07, 6.45) is 7.41. The predicted molar refractivity (Wildman–Crippen MR) is 93.5 cm³/mol. The summed E-state index contributed by atoms with van der Waals surface area (Å²) in [7, 11) is 0. The Hall–Kier alpha value is -1.47. The van der Waals surface area contributed by atoms with Gasteiger partial charge in [-0.3, -0.25) is 9.69 Å². The van der Waals surface area contributed by atoms with E-state index in [9.17, 15) is 4.79 Å². The summed E-state index contributed by atoms with van der Waals surface area (Å²) in [5.74, 6) is 1.29. The van der Waals surface area contributed by atoms with Crippen molar-refractivity contribution in [1.29, 1.82) is 0 Å². The lowest BCUT2D eigenvalue weighted by Gasteiger charge is -2.44. The lowest BCUT2D eigenvalue weighted by molar-refractivity contribution is -0.139. The Labute approximate surface area is 149 Å². The first-order valence-electron chi connectivity index (χ1n) is 9.63. The second-order valence-electron chi connectivity index (χ2n) is 7.40. The normalized spacial score (nSPS) is 29.6. The van der Waals surface area contributed by atoms with Gasteiger partial charge in [0.1, 0.15) is 0 Å². The maximum atomic E-state index is 10.9. The van der Waals surface area contributed by atoms with Crippen LogP contribution in [0.5, 0.6) is 0 Å². The molecule has 3 rings (SSSR count). The molecule has 25 heavy (non-hydrogen) atoms. The quantitative estimate of drug-likeness (QED) is 0.742. The van der Waals surface area contributed by atoms with E-state index in [0.29, 0.717) is 24.0 Å². The number of aryl methyl sites for hydroxylation is 1. The fourth-order valence-electron chi connectivity index (χ4n) is 4.11. The molecule has 1 aromatic rings. The van der Waals surface area contributed by atoms with Crippen molar-refractivity contribution in [2.75, 3.05) is 13.1 Å². The number of carboxylic acid groups (broad SMARTS) is 1. The van der Waals surface area contributed by atoms with Crippen molar-refractivity contribution in [2.24, 2.45) is 0 Å². The summed E-state index contributed by atoms with van der Waals surface area (Å²) in [4.78, 5) is 17.4. The number of rotatable bonds is 8. The standard InChI is InChI=1S/C18H30N4O3/c1-3-16-20-18(25-21-16)12-5-7-13(8-6-12)19-14-9-15(10-14)22(4-2)11-17(23)24/h12-15,19H,3-11H2,1-2H3,(H,23,24). The summed E-state index contributed by atoms with van der Waals surface area (Å²) >= 11 is 0. The third-order valence-electron chi connectivity index (χ3n) is 5.72. The fourth-order valence-corrected chi connectivity index (χ4v) is 4.11. The molecule has 2 saturated carbocycles. The molecule has 2 aliphatic carbocycles. The molecule has 0 radical (unpaired) electrons. The number of hydrogen-bond donors (Lipinski definition) is 2. The van der Waals surface area contributed by atoms with Crippen LogP contribution in [0.1, 0.15) is 70.0 Å². The third-order valence-corrected chi connectivity index (χ3v) is 5.72. The van der Waals surface area contributed by atoms with Crippen LogP contribution in [0, 0.1) is 0 Å². The lowest BCUT2D eigenvalue weighted by atomic mass is 9.81. The molecule has 0 spiro atoms. The van der Waals surface area contributed by atoms with Gasteiger partial charge in [0.05, 0.1) is 6.54 Å². The summed E-state index contributed by atoms with van der Waals surface area (Å²) in [5, 5.41) is 16.7. The van der Waals surface area contributed by atoms with Gasteiger partial charge in [0.2, 0.25) is 5.89 Å². The molecule has 0 aromatic carbocycles. The molecule has 0 saturated heterocycles. The third kappa shape index (κ3) is 4.58. The molecule has 2 N–H and O–H groups in total. The van der Waals surface area contributed by atoms with Crippen molar-refractivity contribution in [2.45, 2.75) is 82.8 Å². The van der Waals surface area contributed by atoms with Crippen LogP contribution in [-0.4, -0.2) is 57.3 Å².